The van der Waals surface area contributed by atoms with Crippen LogP contribution in [0.3, 0.4) is 0 Å². The third-order valence-electron chi connectivity index (χ3n) is 5.79. The van der Waals surface area contributed by atoms with Gasteiger partial charge in [-0.05, 0) is 25.3 Å². The van der Waals surface area contributed by atoms with Crippen LogP contribution in [-0.2, 0) is 0 Å². The molecule has 2 unspecified atom stereocenters. The zero-order valence-corrected chi connectivity index (χ0v) is 15.3. The molecule has 2 aliphatic heterocycles. The molecule has 2 aromatic heterocycles. The van der Waals surface area contributed by atoms with Gasteiger partial charge in [-0.3, -0.25) is 9.97 Å². The first-order valence-electron chi connectivity index (χ1n) is 9.37. The van der Waals surface area contributed by atoms with Gasteiger partial charge >= 0.3 is 0 Å². The summed E-state index contributed by atoms with van der Waals surface area (Å²) < 4.78 is 14.8. The number of hydrogen-bond donors (Lipinski definition) is 2. The molecule has 0 spiro atoms. The smallest absolute Gasteiger partial charge is 0.185 e. The van der Waals surface area contributed by atoms with E-state index in [0.29, 0.717) is 28.5 Å². The molecule has 2 aliphatic rings. The molecule has 0 saturated carbocycles. The topological polar surface area (TPSA) is 100.0 Å². The molecule has 2 N–H and O–H groups in total. The number of aromatic hydroxyl groups is 1. The highest BCUT2D eigenvalue weighted by Gasteiger charge is 2.43. The zero-order chi connectivity index (χ0) is 19.3. The number of halogens is 1. The quantitative estimate of drug-likeness (QED) is 0.709. The summed E-state index contributed by atoms with van der Waals surface area (Å²) in [4.78, 5) is 14.6. The van der Waals surface area contributed by atoms with Crippen molar-refractivity contribution in [2.24, 2.45) is 0 Å². The second kappa shape index (κ2) is 6.59. The fourth-order valence-corrected chi connectivity index (χ4v) is 4.25. The van der Waals surface area contributed by atoms with Gasteiger partial charge in [0.25, 0.3) is 0 Å². The maximum Gasteiger partial charge on any atom is 0.185 e. The Morgan fingerprint density at radius 2 is 1.89 bits per heavy atom. The minimum absolute atomic E-state index is 0.00894. The van der Waals surface area contributed by atoms with Gasteiger partial charge in [-0.1, -0.05) is 0 Å². The molecular formula is C19H20FN7O. The van der Waals surface area contributed by atoms with Crippen molar-refractivity contribution in [1.82, 2.24) is 30.5 Å². The number of fused-ring (bicyclic) bond motifs is 3. The lowest BCUT2D eigenvalue weighted by Gasteiger charge is -2.38. The van der Waals surface area contributed by atoms with E-state index in [2.05, 4.69) is 30.5 Å². The summed E-state index contributed by atoms with van der Waals surface area (Å²) in [5, 5.41) is 22.0. The summed E-state index contributed by atoms with van der Waals surface area (Å²) >= 11 is 0. The lowest BCUT2D eigenvalue weighted by Crippen LogP contribution is -2.55. The zero-order valence-electron chi connectivity index (χ0n) is 15.3. The first-order chi connectivity index (χ1) is 13.6. The molecule has 9 heteroatoms. The van der Waals surface area contributed by atoms with Crippen LogP contribution >= 0.6 is 0 Å². The highest BCUT2D eigenvalue weighted by atomic mass is 19.1. The normalized spacial score (nSPS) is 26.5. The monoisotopic (exact) mass is 381 g/mol. The van der Waals surface area contributed by atoms with Gasteiger partial charge in [0.2, 0.25) is 0 Å². The molecule has 144 valence electrons. The van der Waals surface area contributed by atoms with Crippen molar-refractivity contribution >= 4 is 16.9 Å². The predicted octanol–water partition coefficient (Wildman–Crippen LogP) is 1.85. The molecule has 5 rings (SSSR count). The molecule has 0 radical (unpaired) electrons. The minimum Gasteiger partial charge on any atom is -0.507 e. The number of anilines is 1. The van der Waals surface area contributed by atoms with E-state index < -0.39 is 6.17 Å². The van der Waals surface area contributed by atoms with E-state index in [1.807, 2.05) is 11.9 Å². The minimum atomic E-state index is -0.951. The van der Waals surface area contributed by atoms with Gasteiger partial charge in [0.15, 0.2) is 11.6 Å². The van der Waals surface area contributed by atoms with Crippen LogP contribution in [-0.4, -0.2) is 61.6 Å². The number of piperidine rings is 1. The van der Waals surface area contributed by atoms with E-state index in [1.54, 1.807) is 24.7 Å². The average molecular weight is 381 g/mol. The Morgan fingerprint density at radius 3 is 2.64 bits per heavy atom. The SMILES string of the molecule is CN(c1cnc(-c2cc3nccnc3cc2O)nn1)[C@@H]1CC2CCC(N2)[C@@H]1F. The highest BCUT2D eigenvalue weighted by molar-refractivity contribution is 5.83. The molecule has 0 aliphatic carbocycles. The van der Waals surface area contributed by atoms with E-state index in [4.69, 9.17) is 0 Å². The number of hydrogen-bond acceptors (Lipinski definition) is 8. The number of nitrogens with one attached hydrogen (secondary N) is 1. The third kappa shape index (κ3) is 2.82. The molecule has 0 amide bonds. The molecule has 8 nitrogen and oxygen atoms in total. The first-order valence-corrected chi connectivity index (χ1v) is 9.37. The fourth-order valence-electron chi connectivity index (χ4n) is 4.25. The van der Waals surface area contributed by atoms with Gasteiger partial charge in [0, 0.05) is 37.6 Å². The van der Waals surface area contributed by atoms with Crippen LogP contribution in [0.2, 0.25) is 0 Å². The van der Waals surface area contributed by atoms with Crippen LogP contribution < -0.4 is 10.2 Å². The Bertz CT molecular complexity index is 1010. The fraction of sp³-hybridized carbons (Fsp3) is 0.421. The van der Waals surface area contributed by atoms with Crippen molar-refractivity contribution in [3.8, 4) is 17.1 Å². The van der Waals surface area contributed by atoms with Crippen LogP contribution in [0.4, 0.5) is 10.2 Å². The van der Waals surface area contributed by atoms with Crippen LogP contribution in [0.5, 0.6) is 5.75 Å². The van der Waals surface area contributed by atoms with E-state index in [0.717, 1.165) is 19.3 Å². The molecule has 2 fully saturated rings. The van der Waals surface area contributed by atoms with Gasteiger partial charge in [-0.25, -0.2) is 9.37 Å². The number of benzene rings is 1. The van der Waals surface area contributed by atoms with Gasteiger partial charge in [0.05, 0.1) is 28.8 Å². The van der Waals surface area contributed by atoms with E-state index in [-0.39, 0.29) is 23.7 Å². The number of nitrogens with zero attached hydrogens (tertiary/aromatic N) is 6. The summed E-state index contributed by atoms with van der Waals surface area (Å²) in [6.07, 6.45) is 6.40. The number of phenols is 1. The molecule has 28 heavy (non-hydrogen) atoms. The summed E-state index contributed by atoms with van der Waals surface area (Å²) in [5.74, 6) is 0.803. The lowest BCUT2D eigenvalue weighted by molar-refractivity contribution is 0.176. The molecule has 4 atom stereocenters. The summed E-state index contributed by atoms with van der Waals surface area (Å²) in [6, 6.07) is 3.24. The van der Waals surface area contributed by atoms with E-state index in [9.17, 15) is 9.50 Å². The maximum atomic E-state index is 14.8. The number of alkyl halides is 1. The van der Waals surface area contributed by atoms with Crippen LogP contribution in [0.15, 0.2) is 30.7 Å². The van der Waals surface area contributed by atoms with Gasteiger partial charge < -0.3 is 15.3 Å². The van der Waals surface area contributed by atoms with Crippen molar-refractivity contribution in [2.75, 3.05) is 11.9 Å². The Labute approximate surface area is 160 Å². The molecular weight excluding hydrogens is 361 g/mol. The van der Waals surface area contributed by atoms with Crippen molar-refractivity contribution in [3.05, 3.63) is 30.7 Å². The standard InChI is InChI=1S/C19H20FN7O/c1-27(15-6-10-2-3-12(24-10)18(15)20)17-9-23-19(26-25-17)11-7-13-14(8-16(11)28)22-5-4-21-13/h4-5,7-10,12,15,18,24,28H,2-3,6H2,1H3/t10?,12?,15-,18+/m1/s1. The molecule has 2 bridgehead atoms. The Morgan fingerprint density at radius 1 is 1.11 bits per heavy atom. The van der Waals surface area contributed by atoms with Crippen molar-refractivity contribution < 1.29 is 9.50 Å². The van der Waals surface area contributed by atoms with Crippen molar-refractivity contribution in [1.29, 1.82) is 0 Å². The van der Waals surface area contributed by atoms with Gasteiger partial charge in [0.1, 0.15) is 11.9 Å². The molecule has 4 heterocycles. The maximum absolute atomic E-state index is 14.8. The predicted molar refractivity (Wildman–Crippen MR) is 102 cm³/mol. The van der Waals surface area contributed by atoms with Crippen LogP contribution in [0.25, 0.3) is 22.4 Å². The summed E-state index contributed by atoms with van der Waals surface area (Å²) in [7, 11) is 1.83. The average Bonchev–Trinajstić information content (AvgIpc) is 3.13. The van der Waals surface area contributed by atoms with Crippen LogP contribution in [0, 0.1) is 0 Å². The Hall–Kier alpha value is -2.94. The van der Waals surface area contributed by atoms with Crippen molar-refractivity contribution in [2.45, 2.75) is 43.6 Å². The molecule has 1 aromatic carbocycles. The summed E-state index contributed by atoms with van der Waals surface area (Å²) in [5.41, 5.74) is 1.64. The Kier molecular flexibility index (Phi) is 4.04. The second-order valence-electron chi connectivity index (χ2n) is 7.46. The molecule has 2 saturated heterocycles. The second-order valence-corrected chi connectivity index (χ2v) is 7.46. The molecule has 3 aromatic rings. The van der Waals surface area contributed by atoms with Crippen molar-refractivity contribution in [3.63, 3.8) is 0 Å². The van der Waals surface area contributed by atoms with Crippen LogP contribution in [0.1, 0.15) is 19.3 Å². The summed E-state index contributed by atoms with van der Waals surface area (Å²) in [6.45, 7) is 0. The Balaban J connectivity index is 1.42. The highest BCUT2D eigenvalue weighted by Crippen LogP contribution is 2.33. The first kappa shape index (κ1) is 17.2. The third-order valence-corrected chi connectivity index (χ3v) is 5.79. The number of phenolic OH excluding ortho intramolecular Hbond substituents is 1. The lowest BCUT2D eigenvalue weighted by atomic mass is 9.96. The van der Waals surface area contributed by atoms with Gasteiger partial charge in [-0.2, -0.15) is 0 Å². The van der Waals surface area contributed by atoms with Gasteiger partial charge in [-0.15, -0.1) is 10.2 Å². The number of aromatic nitrogens is 5. The number of rotatable bonds is 3. The largest absolute Gasteiger partial charge is 0.507 e. The van der Waals surface area contributed by atoms with E-state index >= 15 is 0 Å². The van der Waals surface area contributed by atoms with E-state index in [1.165, 1.54) is 6.07 Å².